The molecule has 0 aliphatic rings. The second-order valence-corrected chi connectivity index (χ2v) is 4.90. The van der Waals surface area contributed by atoms with Gasteiger partial charge in [0.1, 0.15) is 0 Å². The smallest absolute Gasteiger partial charge is 0.258 e. The number of hydrogen-bond donors (Lipinski definition) is 1. The Kier molecular flexibility index (Phi) is 3.94. The molecule has 0 aliphatic heterocycles. The highest BCUT2D eigenvalue weighted by Crippen LogP contribution is 2.20. The maximum Gasteiger partial charge on any atom is 0.258 e. The lowest BCUT2D eigenvalue weighted by Crippen LogP contribution is -2.26. The molecule has 0 saturated carbocycles. The molecule has 0 atom stereocenters. The van der Waals surface area contributed by atoms with Crippen LogP contribution >= 0.6 is 0 Å². The summed E-state index contributed by atoms with van der Waals surface area (Å²) in [5.74, 6) is -0.0562. The molecule has 2 N–H and O–H groups in total. The minimum Gasteiger partial charge on any atom is -0.399 e. The number of carbonyl (C=O) groups is 1. The van der Waals surface area contributed by atoms with Crippen molar-refractivity contribution in [2.24, 2.45) is 0 Å². The van der Waals surface area contributed by atoms with E-state index in [1.54, 1.807) is 24.1 Å². The lowest BCUT2D eigenvalue weighted by atomic mass is 10.1. The molecule has 0 radical (unpaired) electrons. The van der Waals surface area contributed by atoms with Crippen LogP contribution in [0.3, 0.4) is 0 Å². The Morgan fingerprint density at radius 1 is 0.950 bits per heavy atom. The van der Waals surface area contributed by atoms with E-state index in [-0.39, 0.29) is 5.91 Å². The van der Waals surface area contributed by atoms with E-state index in [2.05, 4.69) is 0 Å². The number of hydrogen-bond acceptors (Lipinski definition) is 3. The van der Waals surface area contributed by atoms with E-state index in [9.17, 15) is 4.79 Å². The van der Waals surface area contributed by atoms with Crippen molar-refractivity contribution in [2.45, 2.75) is 0 Å². The van der Waals surface area contributed by atoms with Gasteiger partial charge in [-0.1, -0.05) is 12.1 Å². The second kappa shape index (κ2) is 5.65. The van der Waals surface area contributed by atoms with Gasteiger partial charge in [-0.15, -0.1) is 0 Å². The number of carbonyl (C=O) groups excluding carboxylic acids is 1. The first-order valence-electron chi connectivity index (χ1n) is 6.40. The van der Waals surface area contributed by atoms with E-state index in [0.29, 0.717) is 11.3 Å². The van der Waals surface area contributed by atoms with Crippen LogP contribution in [0.5, 0.6) is 0 Å². The summed E-state index contributed by atoms with van der Waals surface area (Å²) in [6.45, 7) is 0. The van der Waals surface area contributed by atoms with Gasteiger partial charge in [0.15, 0.2) is 0 Å². The third-order valence-electron chi connectivity index (χ3n) is 3.17. The quantitative estimate of drug-likeness (QED) is 0.871. The van der Waals surface area contributed by atoms with Crippen molar-refractivity contribution in [3.05, 3.63) is 54.1 Å². The zero-order valence-corrected chi connectivity index (χ0v) is 12.0. The summed E-state index contributed by atoms with van der Waals surface area (Å²) in [6, 6.07) is 14.8. The normalized spacial score (nSPS) is 10.2. The lowest BCUT2D eigenvalue weighted by Gasteiger charge is -2.19. The highest BCUT2D eigenvalue weighted by atomic mass is 16.2. The highest BCUT2D eigenvalue weighted by Gasteiger charge is 2.14. The lowest BCUT2D eigenvalue weighted by molar-refractivity contribution is 0.0993. The van der Waals surface area contributed by atoms with Gasteiger partial charge < -0.3 is 15.5 Å². The highest BCUT2D eigenvalue weighted by molar-refractivity contribution is 6.06. The van der Waals surface area contributed by atoms with Crippen molar-refractivity contribution >= 4 is 23.0 Å². The van der Waals surface area contributed by atoms with E-state index in [4.69, 9.17) is 5.73 Å². The number of nitrogens with zero attached hydrogens (tertiary/aromatic N) is 2. The van der Waals surface area contributed by atoms with Gasteiger partial charge in [0.2, 0.25) is 0 Å². The second-order valence-electron chi connectivity index (χ2n) is 4.90. The van der Waals surface area contributed by atoms with E-state index in [0.717, 1.165) is 11.4 Å². The molecule has 0 fully saturated rings. The Balaban J connectivity index is 2.29. The summed E-state index contributed by atoms with van der Waals surface area (Å²) in [5, 5.41) is 0. The van der Waals surface area contributed by atoms with Crippen LogP contribution in [0, 0.1) is 0 Å². The number of rotatable bonds is 3. The fourth-order valence-corrected chi connectivity index (χ4v) is 1.96. The van der Waals surface area contributed by atoms with Crippen LogP contribution in [0.4, 0.5) is 17.1 Å². The molecule has 0 aliphatic carbocycles. The molecule has 0 unspecified atom stereocenters. The minimum absolute atomic E-state index is 0.0562. The first kappa shape index (κ1) is 13.9. The Morgan fingerprint density at radius 2 is 1.60 bits per heavy atom. The number of nitrogens with two attached hydrogens (primary N) is 1. The molecule has 104 valence electrons. The summed E-state index contributed by atoms with van der Waals surface area (Å²) in [4.78, 5) is 16.1. The maximum absolute atomic E-state index is 12.5. The third-order valence-corrected chi connectivity index (χ3v) is 3.17. The summed E-state index contributed by atoms with van der Waals surface area (Å²) in [5.41, 5.74) is 8.83. The monoisotopic (exact) mass is 269 g/mol. The van der Waals surface area contributed by atoms with Crippen LogP contribution < -0.4 is 15.5 Å². The van der Waals surface area contributed by atoms with Gasteiger partial charge in [-0.05, 0) is 36.4 Å². The van der Waals surface area contributed by atoms with Crippen LogP contribution in [0.1, 0.15) is 10.4 Å². The molecule has 1 amide bonds. The molecule has 0 saturated heterocycles. The van der Waals surface area contributed by atoms with Crippen LogP contribution in [0.2, 0.25) is 0 Å². The molecular weight excluding hydrogens is 250 g/mol. The zero-order valence-electron chi connectivity index (χ0n) is 12.0. The predicted molar refractivity (Wildman–Crippen MR) is 84.4 cm³/mol. The molecule has 2 aromatic rings. The van der Waals surface area contributed by atoms with Gasteiger partial charge in [0.05, 0.1) is 0 Å². The van der Waals surface area contributed by atoms with Crippen molar-refractivity contribution in [2.75, 3.05) is 36.7 Å². The van der Waals surface area contributed by atoms with Crippen molar-refractivity contribution in [1.82, 2.24) is 0 Å². The summed E-state index contributed by atoms with van der Waals surface area (Å²) in [6.07, 6.45) is 0. The van der Waals surface area contributed by atoms with E-state index in [1.807, 2.05) is 55.4 Å². The summed E-state index contributed by atoms with van der Waals surface area (Å²) in [7, 11) is 5.65. The predicted octanol–water partition coefficient (Wildman–Crippen LogP) is 2.61. The molecule has 20 heavy (non-hydrogen) atoms. The van der Waals surface area contributed by atoms with Crippen molar-refractivity contribution in [3.63, 3.8) is 0 Å². The number of nitrogen functional groups attached to an aromatic ring is 1. The Hall–Kier alpha value is -2.49. The number of amides is 1. The Labute approximate surface area is 119 Å². The average molecular weight is 269 g/mol. The van der Waals surface area contributed by atoms with Crippen molar-refractivity contribution < 1.29 is 4.79 Å². The Morgan fingerprint density at radius 3 is 2.25 bits per heavy atom. The van der Waals surface area contributed by atoms with Gasteiger partial charge in [0, 0.05) is 43.8 Å². The first-order chi connectivity index (χ1) is 9.49. The molecule has 2 rings (SSSR count). The standard InChI is InChI=1S/C16H19N3O/c1-18(2)14-8-4-6-12(10-14)16(20)19(3)15-9-5-7-13(17)11-15/h4-11H,17H2,1-3H3. The van der Waals surface area contributed by atoms with Crippen LogP contribution in [-0.2, 0) is 0 Å². The van der Waals surface area contributed by atoms with E-state index < -0.39 is 0 Å². The topological polar surface area (TPSA) is 49.6 Å². The van der Waals surface area contributed by atoms with Gasteiger partial charge in [-0.3, -0.25) is 4.79 Å². The van der Waals surface area contributed by atoms with E-state index >= 15 is 0 Å². The van der Waals surface area contributed by atoms with Crippen LogP contribution in [0.15, 0.2) is 48.5 Å². The molecule has 4 nitrogen and oxygen atoms in total. The summed E-state index contributed by atoms with van der Waals surface area (Å²) < 4.78 is 0. The zero-order chi connectivity index (χ0) is 14.7. The van der Waals surface area contributed by atoms with E-state index in [1.165, 1.54) is 0 Å². The first-order valence-corrected chi connectivity index (χ1v) is 6.40. The van der Waals surface area contributed by atoms with Crippen molar-refractivity contribution in [1.29, 1.82) is 0 Å². The molecule has 2 aromatic carbocycles. The summed E-state index contributed by atoms with van der Waals surface area (Å²) >= 11 is 0. The van der Waals surface area contributed by atoms with Crippen LogP contribution in [0.25, 0.3) is 0 Å². The fraction of sp³-hybridized carbons (Fsp3) is 0.188. The van der Waals surface area contributed by atoms with Crippen molar-refractivity contribution in [3.8, 4) is 0 Å². The number of anilines is 3. The molecule has 0 spiro atoms. The van der Waals surface area contributed by atoms with Gasteiger partial charge in [-0.2, -0.15) is 0 Å². The average Bonchev–Trinajstić information content (AvgIpc) is 2.45. The number of benzene rings is 2. The van der Waals surface area contributed by atoms with Gasteiger partial charge in [-0.25, -0.2) is 0 Å². The minimum atomic E-state index is -0.0562. The molecule has 0 bridgehead atoms. The fourth-order valence-electron chi connectivity index (χ4n) is 1.96. The third kappa shape index (κ3) is 2.91. The SMILES string of the molecule is CN(C)c1cccc(C(=O)N(C)c2cccc(N)c2)c1. The van der Waals surface area contributed by atoms with Gasteiger partial charge >= 0.3 is 0 Å². The van der Waals surface area contributed by atoms with Gasteiger partial charge in [0.25, 0.3) is 5.91 Å². The molecular formula is C16H19N3O. The largest absolute Gasteiger partial charge is 0.399 e. The Bertz CT molecular complexity index is 623. The maximum atomic E-state index is 12.5. The molecule has 0 aromatic heterocycles. The van der Waals surface area contributed by atoms with Crippen LogP contribution in [-0.4, -0.2) is 27.1 Å². The molecule has 0 heterocycles. The molecule has 4 heteroatoms.